The molecule has 0 amide bonds. The van der Waals surface area contributed by atoms with E-state index in [1.807, 2.05) is 65.1 Å². The largest absolute Gasteiger partial charge is 0.512 e. The average Bonchev–Trinajstić information content (AvgIpc) is 3.73. The van der Waals surface area contributed by atoms with Gasteiger partial charge in [0.15, 0.2) is 5.78 Å². The van der Waals surface area contributed by atoms with Gasteiger partial charge in [0.25, 0.3) is 0 Å². The Morgan fingerprint density at radius 1 is 0.891 bits per heavy atom. The molecular formula is C49H60IrNO3S-. The van der Waals surface area contributed by atoms with Gasteiger partial charge in [0.2, 0.25) is 0 Å². The average molecular weight is 935 g/mol. The van der Waals surface area contributed by atoms with E-state index in [1.54, 1.807) is 0 Å². The fourth-order valence-corrected chi connectivity index (χ4v) is 8.30. The van der Waals surface area contributed by atoms with Crippen molar-refractivity contribution in [2.24, 2.45) is 16.7 Å². The van der Waals surface area contributed by atoms with Gasteiger partial charge >= 0.3 is 0 Å². The summed E-state index contributed by atoms with van der Waals surface area (Å²) in [6.45, 7) is 25.7. The van der Waals surface area contributed by atoms with E-state index in [0.717, 1.165) is 71.0 Å². The molecule has 0 aliphatic rings. The minimum absolute atomic E-state index is 0. The minimum Gasteiger partial charge on any atom is -0.512 e. The summed E-state index contributed by atoms with van der Waals surface area (Å²) in [5.74, 6) is 1.80. The number of nitrogens with zero attached hydrogens (tertiary/aromatic N) is 1. The number of aryl methyl sites for hydroxylation is 1. The molecule has 0 saturated heterocycles. The maximum atomic E-state index is 12.2. The molecule has 0 aliphatic carbocycles. The first-order valence-electron chi connectivity index (χ1n) is 19.8. The van der Waals surface area contributed by atoms with E-state index in [0.29, 0.717) is 5.92 Å². The van der Waals surface area contributed by atoms with Gasteiger partial charge in [-0.25, -0.2) is 0 Å². The van der Waals surface area contributed by atoms with Crippen molar-refractivity contribution in [3.8, 4) is 22.6 Å². The van der Waals surface area contributed by atoms with Crippen molar-refractivity contribution in [1.82, 2.24) is 4.98 Å². The van der Waals surface area contributed by atoms with Gasteiger partial charge in [-0.05, 0) is 79.5 Å². The first kappa shape index (κ1) is 44.1. The maximum absolute atomic E-state index is 12.2. The van der Waals surface area contributed by atoms with Gasteiger partial charge in [-0.15, -0.1) is 40.5 Å². The van der Waals surface area contributed by atoms with E-state index in [2.05, 4.69) is 102 Å². The number of carbonyl (C=O) groups excluding carboxylic acids is 1. The summed E-state index contributed by atoms with van der Waals surface area (Å²) in [6, 6.07) is 25.2. The van der Waals surface area contributed by atoms with E-state index >= 15 is 0 Å². The SMILES string of the molecule is CCC(C)(CC)C(=O)/C=C(\O)C(C)(CC)CC.Cc1sc2c(-c3cc4ccnc(-c5[c-]c6ccccc6c(C(C)(C)C)c5)c4o3)cccc2c1CC(C)C.[Ir]. The van der Waals surface area contributed by atoms with Crippen molar-refractivity contribution in [1.29, 1.82) is 0 Å². The van der Waals surface area contributed by atoms with Crippen LogP contribution in [0, 0.1) is 29.7 Å². The first-order chi connectivity index (χ1) is 25.5. The third-order valence-corrected chi connectivity index (χ3v) is 13.0. The summed E-state index contributed by atoms with van der Waals surface area (Å²) in [7, 11) is 0. The van der Waals surface area contributed by atoms with Gasteiger partial charge in [0, 0.05) is 69.4 Å². The third-order valence-electron chi connectivity index (χ3n) is 11.8. The van der Waals surface area contributed by atoms with Crippen LogP contribution >= 0.6 is 11.3 Å². The molecule has 0 bridgehead atoms. The molecule has 6 heteroatoms. The molecule has 0 fully saturated rings. The number of pyridine rings is 1. The number of thiophene rings is 1. The van der Waals surface area contributed by atoms with Gasteiger partial charge < -0.3 is 9.52 Å². The summed E-state index contributed by atoms with van der Waals surface area (Å²) in [5.41, 5.74) is 5.93. The van der Waals surface area contributed by atoms with Crippen LogP contribution in [0.3, 0.4) is 0 Å². The molecule has 1 N–H and O–H groups in total. The molecule has 4 nitrogen and oxygen atoms in total. The summed E-state index contributed by atoms with van der Waals surface area (Å²) in [6.07, 6.45) is 7.73. The third kappa shape index (κ3) is 9.19. The van der Waals surface area contributed by atoms with Crippen LogP contribution in [0.4, 0.5) is 0 Å². The molecule has 0 unspecified atom stereocenters. The molecule has 3 heterocycles. The predicted molar refractivity (Wildman–Crippen MR) is 232 cm³/mol. The fraction of sp³-hybridized carbons (Fsp3) is 0.429. The summed E-state index contributed by atoms with van der Waals surface area (Å²) in [4.78, 5) is 18.4. The zero-order valence-electron chi connectivity index (χ0n) is 35.0. The normalized spacial score (nSPS) is 12.6. The number of aliphatic hydroxyl groups excluding tert-OH is 1. The fourth-order valence-electron chi connectivity index (χ4n) is 7.10. The number of rotatable bonds is 11. The molecule has 0 saturated carbocycles. The summed E-state index contributed by atoms with van der Waals surface area (Å²) < 4.78 is 7.94. The second kappa shape index (κ2) is 17.7. The van der Waals surface area contributed by atoms with Crippen LogP contribution in [0.15, 0.2) is 83.1 Å². The number of hydrogen-bond donors (Lipinski definition) is 1. The molecule has 6 aromatic rings. The molecule has 6 rings (SSSR count). The second-order valence-electron chi connectivity index (χ2n) is 16.9. The van der Waals surface area contributed by atoms with Gasteiger partial charge in [0.1, 0.15) is 17.1 Å². The van der Waals surface area contributed by atoms with Crippen LogP contribution in [0.2, 0.25) is 0 Å². The van der Waals surface area contributed by atoms with Crippen molar-refractivity contribution in [3.05, 3.63) is 101 Å². The molecule has 0 atom stereocenters. The Hall–Kier alpha value is -3.57. The number of aliphatic hydroxyl groups is 1. The summed E-state index contributed by atoms with van der Waals surface area (Å²) >= 11 is 1.88. The smallest absolute Gasteiger partial charge is 0.164 e. The molecular weight excluding hydrogens is 875 g/mol. The molecule has 295 valence electrons. The number of fused-ring (bicyclic) bond motifs is 3. The number of benzene rings is 3. The summed E-state index contributed by atoms with van der Waals surface area (Å²) in [5, 5.41) is 14.9. The van der Waals surface area contributed by atoms with Crippen molar-refractivity contribution >= 4 is 48.9 Å². The standard InChI is InChI=1S/C34H32NOS.C15H28O2.Ir/c1-20(2)16-28-21(3)37-33-26(28)12-9-13-27(33)30-19-23-14-15-35-31(32(23)36-30)24-17-22-10-7-8-11-25(22)29(18-24)34(4,5)6;1-7-14(5,8-2)12(16)11-13(17)15(6,9-3)10-4;/h7-15,18-20H,16H2,1-6H3;11,16H,7-10H2,1-6H3;/q-1;;/b;12-11-;. The van der Waals surface area contributed by atoms with E-state index in [9.17, 15) is 9.90 Å². The van der Waals surface area contributed by atoms with Crippen LogP contribution in [-0.2, 0) is 36.7 Å². The van der Waals surface area contributed by atoms with Crippen LogP contribution in [0.25, 0.3) is 54.4 Å². The molecule has 3 aromatic heterocycles. The van der Waals surface area contributed by atoms with Crippen LogP contribution in [0.5, 0.6) is 0 Å². The number of hydrogen-bond acceptors (Lipinski definition) is 5. The Morgan fingerprint density at radius 3 is 2.15 bits per heavy atom. The van der Waals surface area contributed by atoms with Crippen molar-refractivity contribution < 1.29 is 34.4 Å². The van der Waals surface area contributed by atoms with Crippen LogP contribution < -0.4 is 0 Å². The van der Waals surface area contributed by atoms with Gasteiger partial charge in [-0.3, -0.25) is 9.78 Å². The molecule has 3 aromatic carbocycles. The Morgan fingerprint density at radius 2 is 1.53 bits per heavy atom. The Balaban J connectivity index is 0.000000320. The minimum atomic E-state index is -0.337. The van der Waals surface area contributed by atoms with Crippen LogP contribution in [0.1, 0.15) is 118 Å². The first-order valence-corrected chi connectivity index (χ1v) is 20.6. The molecule has 0 spiro atoms. The molecule has 55 heavy (non-hydrogen) atoms. The van der Waals surface area contributed by atoms with Gasteiger partial charge in [-0.1, -0.05) is 117 Å². The van der Waals surface area contributed by atoms with E-state index < -0.39 is 0 Å². The second-order valence-corrected chi connectivity index (χ2v) is 18.2. The zero-order chi connectivity index (χ0) is 39.6. The Labute approximate surface area is 347 Å². The maximum Gasteiger partial charge on any atom is 0.164 e. The number of carbonyl (C=O) groups is 1. The quantitative estimate of drug-likeness (QED) is 0.0799. The zero-order valence-corrected chi connectivity index (χ0v) is 38.2. The number of allylic oxidation sites excluding steroid dienone is 2. The number of aromatic nitrogens is 1. The van der Waals surface area contributed by atoms with Crippen molar-refractivity contribution in [2.45, 2.75) is 121 Å². The van der Waals surface area contributed by atoms with E-state index in [-0.39, 0.29) is 47.9 Å². The van der Waals surface area contributed by atoms with E-state index in [1.165, 1.54) is 37.6 Å². The monoisotopic (exact) mass is 935 g/mol. The number of furan rings is 1. The van der Waals surface area contributed by atoms with E-state index in [4.69, 9.17) is 9.40 Å². The molecule has 1 radical (unpaired) electrons. The predicted octanol–water partition coefficient (Wildman–Crippen LogP) is 14.8. The van der Waals surface area contributed by atoms with Crippen LogP contribution in [-0.4, -0.2) is 15.9 Å². The van der Waals surface area contributed by atoms with Crippen molar-refractivity contribution in [2.75, 3.05) is 0 Å². The van der Waals surface area contributed by atoms with Gasteiger partial charge in [-0.2, -0.15) is 0 Å². The molecule has 0 aliphatic heterocycles. The Kier molecular flexibility index (Phi) is 14.2. The number of ketones is 1. The van der Waals surface area contributed by atoms with Crippen molar-refractivity contribution in [3.63, 3.8) is 0 Å². The Bertz CT molecular complexity index is 2290. The topological polar surface area (TPSA) is 63.3 Å². The van der Waals surface area contributed by atoms with Gasteiger partial charge in [0.05, 0.1) is 0 Å².